The van der Waals surface area contributed by atoms with Crippen molar-refractivity contribution in [1.29, 1.82) is 0 Å². The van der Waals surface area contributed by atoms with Crippen molar-refractivity contribution in [2.75, 3.05) is 26.7 Å². The molecule has 2 aromatic carbocycles. The van der Waals surface area contributed by atoms with Gasteiger partial charge in [-0.3, -0.25) is 4.79 Å². The summed E-state index contributed by atoms with van der Waals surface area (Å²) >= 11 is 0. The van der Waals surface area contributed by atoms with E-state index in [2.05, 4.69) is 57.3 Å². The molecule has 3 rings (SSSR count). The van der Waals surface area contributed by atoms with Crippen molar-refractivity contribution in [1.82, 2.24) is 10.2 Å². The topological polar surface area (TPSA) is 50.8 Å². The zero-order chi connectivity index (χ0) is 24.4. The molecule has 0 spiro atoms. The third-order valence-electron chi connectivity index (χ3n) is 5.92. The van der Waals surface area contributed by atoms with E-state index in [9.17, 15) is 4.79 Å². The molecule has 1 N–H and O–H groups in total. The molecule has 2 atom stereocenters. The molecule has 182 valence electrons. The van der Waals surface area contributed by atoms with Crippen molar-refractivity contribution in [3.63, 3.8) is 0 Å². The number of hydrogen-bond acceptors (Lipinski definition) is 4. The summed E-state index contributed by atoms with van der Waals surface area (Å²) < 4.78 is 11.7. The van der Waals surface area contributed by atoms with E-state index in [1.807, 2.05) is 30.9 Å². The summed E-state index contributed by atoms with van der Waals surface area (Å²) in [7, 11) is 1.69. The molecule has 0 saturated heterocycles. The van der Waals surface area contributed by atoms with Gasteiger partial charge in [0.1, 0.15) is 0 Å². The van der Waals surface area contributed by atoms with Gasteiger partial charge in [0.05, 0.1) is 19.3 Å². The Morgan fingerprint density at radius 1 is 1.06 bits per heavy atom. The third-order valence-corrected chi connectivity index (χ3v) is 5.92. The van der Waals surface area contributed by atoms with E-state index in [1.165, 1.54) is 17.5 Å². The van der Waals surface area contributed by atoms with Crippen LogP contribution in [0.1, 0.15) is 87.5 Å². The Labute approximate surface area is 200 Å². The van der Waals surface area contributed by atoms with Gasteiger partial charge >= 0.3 is 0 Å². The Bertz CT molecular complexity index is 875. The highest BCUT2D eigenvalue weighted by Gasteiger charge is 2.25. The molecule has 1 heterocycles. The Kier molecular flexibility index (Phi) is 10.7. The molecule has 0 radical (unpaired) electrons. The molecule has 1 aliphatic heterocycles. The third kappa shape index (κ3) is 6.73. The van der Waals surface area contributed by atoms with Crippen LogP contribution in [-0.4, -0.2) is 43.7 Å². The van der Waals surface area contributed by atoms with Crippen LogP contribution >= 0.6 is 0 Å². The van der Waals surface area contributed by atoms with Crippen molar-refractivity contribution in [2.24, 2.45) is 0 Å². The fourth-order valence-corrected chi connectivity index (χ4v) is 3.92. The molecule has 5 heteroatoms. The first-order valence-electron chi connectivity index (χ1n) is 12.4. The average Bonchev–Trinajstić information content (AvgIpc) is 2.84. The number of carbonyl (C=O) groups excluding carboxylic acids is 1. The van der Waals surface area contributed by atoms with Crippen LogP contribution in [0.4, 0.5) is 0 Å². The first-order valence-corrected chi connectivity index (χ1v) is 12.4. The van der Waals surface area contributed by atoms with Gasteiger partial charge < -0.3 is 19.7 Å². The Morgan fingerprint density at radius 3 is 2.24 bits per heavy atom. The van der Waals surface area contributed by atoms with Gasteiger partial charge in [0, 0.05) is 25.2 Å². The van der Waals surface area contributed by atoms with Crippen LogP contribution < -0.4 is 14.8 Å². The van der Waals surface area contributed by atoms with E-state index in [-0.39, 0.29) is 18.1 Å². The number of benzene rings is 2. The summed E-state index contributed by atoms with van der Waals surface area (Å²) in [4.78, 5) is 14.5. The van der Waals surface area contributed by atoms with Crippen molar-refractivity contribution < 1.29 is 14.3 Å². The van der Waals surface area contributed by atoms with E-state index in [1.54, 1.807) is 7.11 Å². The normalized spacial score (nSPS) is 15.5. The van der Waals surface area contributed by atoms with Gasteiger partial charge in [-0.1, -0.05) is 39.3 Å². The Morgan fingerprint density at radius 2 is 1.70 bits per heavy atom. The second-order valence-corrected chi connectivity index (χ2v) is 8.48. The van der Waals surface area contributed by atoms with Crippen molar-refractivity contribution in [2.45, 2.75) is 73.0 Å². The number of fused-ring (bicyclic) bond motifs is 1. The van der Waals surface area contributed by atoms with Crippen LogP contribution in [0.25, 0.3) is 0 Å². The highest BCUT2D eigenvalue weighted by Crippen LogP contribution is 2.38. The highest BCUT2D eigenvalue weighted by molar-refractivity contribution is 5.94. The molecule has 0 aliphatic carbocycles. The van der Waals surface area contributed by atoms with Gasteiger partial charge in [-0.05, 0) is 74.6 Å². The lowest BCUT2D eigenvalue weighted by molar-refractivity contribution is 0.0773. The minimum absolute atomic E-state index is 0.0662. The maximum absolute atomic E-state index is 12.6. The van der Waals surface area contributed by atoms with Crippen LogP contribution in [0.5, 0.6) is 11.5 Å². The summed E-state index contributed by atoms with van der Waals surface area (Å²) in [6.45, 7) is 14.8. The predicted molar refractivity (Wildman–Crippen MR) is 137 cm³/mol. The maximum Gasteiger partial charge on any atom is 0.253 e. The zero-order valence-corrected chi connectivity index (χ0v) is 21.5. The van der Waals surface area contributed by atoms with E-state index in [4.69, 9.17) is 9.47 Å². The minimum atomic E-state index is 0.0662. The smallest absolute Gasteiger partial charge is 0.253 e. The van der Waals surface area contributed by atoms with Crippen LogP contribution in [0.2, 0.25) is 0 Å². The van der Waals surface area contributed by atoms with Gasteiger partial charge in [0.25, 0.3) is 5.91 Å². The molecule has 2 unspecified atom stereocenters. The largest absolute Gasteiger partial charge is 0.493 e. The lowest BCUT2D eigenvalue weighted by atomic mass is 9.89. The zero-order valence-electron chi connectivity index (χ0n) is 21.5. The molecule has 0 fully saturated rings. The van der Waals surface area contributed by atoms with Gasteiger partial charge in [-0.2, -0.15) is 0 Å². The van der Waals surface area contributed by atoms with Gasteiger partial charge in [-0.15, -0.1) is 0 Å². The van der Waals surface area contributed by atoms with Gasteiger partial charge in [-0.25, -0.2) is 0 Å². The number of methoxy groups -OCH3 is 1. The molecular weight excluding hydrogens is 412 g/mol. The quantitative estimate of drug-likeness (QED) is 0.531. The lowest BCUT2D eigenvalue weighted by Crippen LogP contribution is -2.31. The van der Waals surface area contributed by atoms with Crippen molar-refractivity contribution in [3.8, 4) is 11.5 Å². The van der Waals surface area contributed by atoms with Crippen LogP contribution in [0.15, 0.2) is 36.4 Å². The second-order valence-electron chi connectivity index (χ2n) is 8.48. The Hall–Kier alpha value is -2.53. The number of nitrogens with zero attached hydrogens (tertiary/aromatic N) is 1. The van der Waals surface area contributed by atoms with Crippen molar-refractivity contribution >= 4 is 5.91 Å². The minimum Gasteiger partial charge on any atom is -0.493 e. The van der Waals surface area contributed by atoms with Crippen LogP contribution in [-0.2, 0) is 6.42 Å². The standard InChI is InChI=1S/C25H34N2O3.C3H8/c1-6-17(4)30-23-16-21-20(15-22(23)29-5)13-14-26-24(21)18-9-11-19(12-10-18)25(28)27(7-2)8-3;1-3-2/h9-12,15-17,24,26H,6-8,13-14H2,1-5H3;3H2,1-2H3. The molecule has 5 nitrogen and oxygen atoms in total. The van der Waals surface area contributed by atoms with E-state index >= 15 is 0 Å². The molecule has 2 aromatic rings. The van der Waals surface area contributed by atoms with Gasteiger partial charge in [0.2, 0.25) is 0 Å². The molecule has 0 saturated carbocycles. The number of nitrogens with one attached hydrogen (secondary N) is 1. The fraction of sp³-hybridized carbons (Fsp3) is 0.536. The van der Waals surface area contributed by atoms with Crippen molar-refractivity contribution in [3.05, 3.63) is 58.7 Å². The number of hydrogen-bond donors (Lipinski definition) is 1. The highest BCUT2D eigenvalue weighted by atomic mass is 16.5. The number of rotatable bonds is 8. The summed E-state index contributed by atoms with van der Waals surface area (Å²) in [6, 6.07) is 12.3. The van der Waals surface area contributed by atoms with E-state index in [0.29, 0.717) is 0 Å². The number of ether oxygens (including phenoxy) is 2. The molecule has 33 heavy (non-hydrogen) atoms. The van der Waals surface area contributed by atoms with E-state index in [0.717, 1.165) is 55.1 Å². The first kappa shape index (κ1) is 26.7. The van der Waals surface area contributed by atoms with Gasteiger partial charge in [0.15, 0.2) is 11.5 Å². The summed E-state index contributed by atoms with van der Waals surface area (Å²) in [5.74, 6) is 1.65. The van der Waals surface area contributed by atoms with Crippen LogP contribution in [0.3, 0.4) is 0 Å². The molecule has 1 aliphatic rings. The molecule has 0 bridgehead atoms. The summed E-state index contributed by atoms with van der Waals surface area (Å²) in [5, 5.41) is 3.63. The molecule has 0 aromatic heterocycles. The second kappa shape index (κ2) is 13.2. The summed E-state index contributed by atoms with van der Waals surface area (Å²) in [5.41, 5.74) is 4.36. The average molecular weight is 455 g/mol. The maximum atomic E-state index is 12.6. The number of carbonyl (C=O) groups is 1. The Balaban J connectivity index is 0.00000122. The first-order chi connectivity index (χ1) is 15.9. The summed E-state index contributed by atoms with van der Waals surface area (Å²) in [6.07, 6.45) is 3.26. The predicted octanol–water partition coefficient (Wildman–Crippen LogP) is 6.01. The van der Waals surface area contributed by atoms with E-state index < -0.39 is 0 Å². The SMILES string of the molecule is CCC.CCC(C)Oc1cc2c(cc1OC)CCNC2c1ccc(C(=O)N(CC)CC)cc1. The molecule has 1 amide bonds. The lowest BCUT2D eigenvalue weighted by Gasteiger charge is -2.29. The monoisotopic (exact) mass is 454 g/mol. The fourth-order valence-electron chi connectivity index (χ4n) is 3.92. The van der Waals surface area contributed by atoms with Crippen LogP contribution in [0, 0.1) is 0 Å². The number of amides is 1. The molecular formula is C28H42N2O3.